The van der Waals surface area contributed by atoms with Gasteiger partial charge in [0.05, 0.1) is 5.56 Å². The lowest BCUT2D eigenvalue weighted by molar-refractivity contribution is -0.141. The van der Waals surface area contributed by atoms with E-state index in [9.17, 15) is 18.0 Å². The molecule has 0 spiro atoms. The average molecular weight is 381 g/mol. The number of hydrogen-bond acceptors (Lipinski definition) is 4. The SMILES string of the molecule is CN1CCN(Cc2cccc(NC(=O)c3cn(C)nc3C(F)(F)F)c2)CC1. The van der Waals surface area contributed by atoms with E-state index in [0.717, 1.165) is 49.2 Å². The number of amides is 1. The highest BCUT2D eigenvalue weighted by Crippen LogP contribution is 2.31. The van der Waals surface area contributed by atoms with Crippen molar-refractivity contribution in [1.29, 1.82) is 0 Å². The number of benzene rings is 1. The maximum atomic E-state index is 13.0. The summed E-state index contributed by atoms with van der Waals surface area (Å²) in [5, 5.41) is 5.92. The van der Waals surface area contributed by atoms with Crippen molar-refractivity contribution in [2.24, 2.45) is 7.05 Å². The van der Waals surface area contributed by atoms with E-state index in [1.165, 1.54) is 7.05 Å². The molecule has 0 unspecified atom stereocenters. The molecule has 1 saturated heterocycles. The lowest BCUT2D eigenvalue weighted by atomic mass is 10.1. The molecule has 1 aliphatic rings. The summed E-state index contributed by atoms with van der Waals surface area (Å²) in [5.41, 5.74) is -0.214. The summed E-state index contributed by atoms with van der Waals surface area (Å²) < 4.78 is 40.1. The number of hydrogen-bond donors (Lipinski definition) is 1. The minimum Gasteiger partial charge on any atom is -0.322 e. The fourth-order valence-electron chi connectivity index (χ4n) is 3.07. The number of anilines is 1. The van der Waals surface area contributed by atoms with Gasteiger partial charge in [0, 0.05) is 51.7 Å². The highest BCUT2D eigenvalue weighted by atomic mass is 19.4. The quantitative estimate of drug-likeness (QED) is 0.884. The van der Waals surface area contributed by atoms with Crippen molar-refractivity contribution < 1.29 is 18.0 Å². The smallest absolute Gasteiger partial charge is 0.322 e. The second kappa shape index (κ2) is 7.69. The van der Waals surface area contributed by atoms with Crippen LogP contribution in [0.5, 0.6) is 0 Å². The fraction of sp³-hybridized carbons (Fsp3) is 0.444. The van der Waals surface area contributed by atoms with E-state index < -0.39 is 23.3 Å². The molecule has 0 bridgehead atoms. The summed E-state index contributed by atoms with van der Waals surface area (Å²) in [6.45, 7) is 4.64. The zero-order valence-corrected chi connectivity index (χ0v) is 15.3. The highest BCUT2D eigenvalue weighted by molar-refractivity contribution is 6.05. The first-order valence-corrected chi connectivity index (χ1v) is 8.64. The number of rotatable bonds is 4. The van der Waals surface area contributed by atoms with Gasteiger partial charge in [0.15, 0.2) is 5.69 Å². The van der Waals surface area contributed by atoms with Crippen LogP contribution in [0, 0.1) is 0 Å². The fourth-order valence-corrected chi connectivity index (χ4v) is 3.07. The number of nitrogens with zero attached hydrogens (tertiary/aromatic N) is 4. The van der Waals surface area contributed by atoms with E-state index in [4.69, 9.17) is 0 Å². The Balaban J connectivity index is 1.70. The third-order valence-corrected chi connectivity index (χ3v) is 4.53. The molecule has 0 saturated carbocycles. The van der Waals surface area contributed by atoms with Gasteiger partial charge in [-0.15, -0.1) is 0 Å². The predicted octanol–water partition coefficient (Wildman–Crippen LogP) is 2.44. The van der Waals surface area contributed by atoms with Gasteiger partial charge in [0.2, 0.25) is 0 Å². The van der Waals surface area contributed by atoms with E-state index in [-0.39, 0.29) is 0 Å². The largest absolute Gasteiger partial charge is 0.435 e. The molecule has 2 aromatic rings. The van der Waals surface area contributed by atoms with Crippen molar-refractivity contribution in [2.75, 3.05) is 38.5 Å². The molecule has 6 nitrogen and oxygen atoms in total. The van der Waals surface area contributed by atoms with E-state index >= 15 is 0 Å². The van der Waals surface area contributed by atoms with E-state index in [0.29, 0.717) is 5.69 Å². The van der Waals surface area contributed by atoms with Crippen LogP contribution < -0.4 is 5.32 Å². The first-order valence-electron chi connectivity index (χ1n) is 8.64. The Labute approximate surface area is 155 Å². The van der Waals surface area contributed by atoms with Gasteiger partial charge in [0.25, 0.3) is 5.91 Å². The van der Waals surface area contributed by atoms with Gasteiger partial charge < -0.3 is 10.2 Å². The van der Waals surface area contributed by atoms with Gasteiger partial charge in [-0.05, 0) is 24.7 Å². The second-order valence-electron chi connectivity index (χ2n) is 6.80. The van der Waals surface area contributed by atoms with E-state index in [1.807, 2.05) is 6.07 Å². The number of alkyl halides is 3. The maximum absolute atomic E-state index is 13.0. The van der Waals surface area contributed by atoms with Gasteiger partial charge in [0.1, 0.15) is 0 Å². The highest BCUT2D eigenvalue weighted by Gasteiger charge is 2.39. The molecule has 1 aliphatic heterocycles. The predicted molar refractivity (Wildman–Crippen MR) is 95.4 cm³/mol. The molecule has 1 fully saturated rings. The summed E-state index contributed by atoms with van der Waals surface area (Å²) in [7, 11) is 3.43. The number of carbonyl (C=O) groups excluding carboxylic acids is 1. The molecular formula is C18H22F3N5O. The Kier molecular flexibility index (Phi) is 5.52. The van der Waals surface area contributed by atoms with E-state index in [2.05, 4.69) is 27.3 Å². The summed E-state index contributed by atoms with van der Waals surface area (Å²) in [5.74, 6) is -0.827. The van der Waals surface area contributed by atoms with Gasteiger partial charge >= 0.3 is 6.18 Å². The summed E-state index contributed by atoms with van der Waals surface area (Å²) in [4.78, 5) is 16.9. The van der Waals surface area contributed by atoms with Gasteiger partial charge in [-0.2, -0.15) is 18.3 Å². The number of likely N-dealkylation sites (N-methyl/N-ethyl adjacent to an activating group) is 1. The number of nitrogens with one attached hydrogen (secondary N) is 1. The van der Waals surface area contributed by atoms with Crippen LogP contribution in [0.15, 0.2) is 30.5 Å². The molecule has 27 heavy (non-hydrogen) atoms. The first-order chi connectivity index (χ1) is 12.7. The van der Waals surface area contributed by atoms with Crippen LogP contribution in [0.4, 0.5) is 18.9 Å². The second-order valence-corrected chi connectivity index (χ2v) is 6.80. The minimum absolute atomic E-state index is 0.462. The molecule has 0 aliphatic carbocycles. The molecule has 1 aromatic carbocycles. The first kappa shape index (κ1) is 19.4. The van der Waals surface area contributed by atoms with Crippen molar-refractivity contribution in [3.63, 3.8) is 0 Å². The van der Waals surface area contributed by atoms with Crippen molar-refractivity contribution in [3.8, 4) is 0 Å². The standard InChI is InChI=1S/C18H22F3N5O/c1-24-6-8-26(9-7-24)11-13-4-3-5-14(10-13)22-17(27)15-12-25(2)23-16(15)18(19,20)21/h3-5,10,12H,6-9,11H2,1-2H3,(H,22,27). The average Bonchev–Trinajstić information content (AvgIpc) is 3.00. The Hall–Kier alpha value is -2.39. The Morgan fingerprint density at radius 1 is 1.19 bits per heavy atom. The molecule has 1 N–H and O–H groups in total. The molecule has 2 heterocycles. The molecular weight excluding hydrogens is 359 g/mol. The molecule has 1 amide bonds. The minimum atomic E-state index is -4.68. The third kappa shape index (κ3) is 4.86. The molecule has 0 atom stereocenters. The van der Waals surface area contributed by atoms with E-state index in [1.54, 1.807) is 18.2 Å². The van der Waals surface area contributed by atoms with Crippen molar-refractivity contribution >= 4 is 11.6 Å². The Morgan fingerprint density at radius 2 is 1.89 bits per heavy atom. The van der Waals surface area contributed by atoms with Crippen LogP contribution in [0.3, 0.4) is 0 Å². The van der Waals surface area contributed by atoms with Gasteiger partial charge in [-0.25, -0.2) is 0 Å². The summed E-state index contributed by atoms with van der Waals surface area (Å²) in [6.07, 6.45) is -3.61. The Morgan fingerprint density at radius 3 is 2.56 bits per heavy atom. The van der Waals surface area contributed by atoms with Crippen molar-refractivity contribution in [2.45, 2.75) is 12.7 Å². The lowest BCUT2D eigenvalue weighted by Crippen LogP contribution is -2.43. The molecule has 146 valence electrons. The van der Waals surface area contributed by atoms with Gasteiger partial charge in [-0.1, -0.05) is 12.1 Å². The Bertz CT molecular complexity index is 810. The van der Waals surface area contributed by atoms with Crippen molar-refractivity contribution in [1.82, 2.24) is 19.6 Å². The third-order valence-electron chi connectivity index (χ3n) is 4.53. The van der Waals surface area contributed by atoms with Crippen LogP contribution in [-0.4, -0.2) is 58.7 Å². The molecule has 0 radical (unpaired) electrons. The van der Waals surface area contributed by atoms with Crippen LogP contribution in [0.1, 0.15) is 21.6 Å². The summed E-state index contributed by atoms with van der Waals surface area (Å²) >= 11 is 0. The normalized spacial score (nSPS) is 16.5. The van der Waals surface area contributed by atoms with Crippen LogP contribution >= 0.6 is 0 Å². The van der Waals surface area contributed by atoms with Crippen LogP contribution in [0.2, 0.25) is 0 Å². The maximum Gasteiger partial charge on any atom is 0.435 e. The molecule has 1 aromatic heterocycles. The summed E-state index contributed by atoms with van der Waals surface area (Å²) in [6, 6.07) is 7.18. The van der Waals surface area contributed by atoms with Crippen LogP contribution in [-0.2, 0) is 19.8 Å². The zero-order chi connectivity index (χ0) is 19.6. The van der Waals surface area contributed by atoms with Gasteiger partial charge in [-0.3, -0.25) is 14.4 Å². The number of piperazine rings is 1. The number of carbonyl (C=O) groups is 1. The van der Waals surface area contributed by atoms with Crippen LogP contribution in [0.25, 0.3) is 0 Å². The lowest BCUT2D eigenvalue weighted by Gasteiger charge is -2.32. The monoisotopic (exact) mass is 381 g/mol. The van der Waals surface area contributed by atoms with Crippen molar-refractivity contribution in [3.05, 3.63) is 47.3 Å². The number of halogens is 3. The topological polar surface area (TPSA) is 53.4 Å². The number of aryl methyl sites for hydroxylation is 1. The molecule has 9 heteroatoms. The zero-order valence-electron chi connectivity index (χ0n) is 15.3. The molecule has 3 rings (SSSR count). The number of aromatic nitrogens is 2.